The lowest BCUT2D eigenvalue weighted by molar-refractivity contribution is -0.155. The molecule has 0 aliphatic heterocycles. The van der Waals surface area contributed by atoms with E-state index in [9.17, 15) is 19.2 Å². The molecule has 32 heavy (non-hydrogen) atoms. The highest BCUT2D eigenvalue weighted by atomic mass is 16.6. The van der Waals surface area contributed by atoms with Crippen LogP contribution in [-0.2, 0) is 28.6 Å². The second kappa shape index (κ2) is 13.1. The molecule has 0 aromatic rings. The van der Waals surface area contributed by atoms with Crippen molar-refractivity contribution in [2.24, 2.45) is 5.92 Å². The van der Waals surface area contributed by atoms with Gasteiger partial charge in [0.1, 0.15) is 29.9 Å². The minimum atomic E-state index is -1.11. The average Bonchev–Trinajstić information content (AvgIpc) is 2.63. The molecule has 2 amide bonds. The molecular weight excluding hydrogens is 416 g/mol. The van der Waals surface area contributed by atoms with Gasteiger partial charge in [-0.25, -0.2) is 9.59 Å². The second-order valence-electron chi connectivity index (χ2n) is 9.61. The fourth-order valence-electron chi connectivity index (χ4n) is 2.53. The SMILES string of the molecule is C=CCOC(=O)[C@@H](NC(=O)[C@H](CCC(=O)OC(C)(C)C)NC(=O)OC(C)(C)C)C(C)CC. The molecule has 0 heterocycles. The third kappa shape index (κ3) is 13.0. The Kier molecular flexibility index (Phi) is 12.0. The van der Waals surface area contributed by atoms with Crippen molar-refractivity contribution in [3.8, 4) is 0 Å². The summed E-state index contributed by atoms with van der Waals surface area (Å²) in [6.07, 6.45) is 1.09. The Hall–Kier alpha value is -2.58. The lowest BCUT2D eigenvalue weighted by Gasteiger charge is -2.27. The predicted molar refractivity (Wildman–Crippen MR) is 121 cm³/mol. The first-order chi connectivity index (χ1) is 14.6. The molecule has 184 valence electrons. The normalized spacial score (nSPS) is 14.4. The summed E-state index contributed by atoms with van der Waals surface area (Å²) in [5.41, 5.74) is -1.45. The van der Waals surface area contributed by atoms with E-state index < -0.39 is 47.2 Å². The molecule has 9 heteroatoms. The summed E-state index contributed by atoms with van der Waals surface area (Å²) in [4.78, 5) is 49.8. The highest BCUT2D eigenvalue weighted by Crippen LogP contribution is 2.14. The van der Waals surface area contributed by atoms with Crippen LogP contribution >= 0.6 is 0 Å². The summed E-state index contributed by atoms with van der Waals surface area (Å²) in [7, 11) is 0. The van der Waals surface area contributed by atoms with E-state index >= 15 is 0 Å². The number of rotatable bonds is 11. The smallest absolute Gasteiger partial charge is 0.408 e. The highest BCUT2D eigenvalue weighted by Gasteiger charge is 2.32. The molecule has 0 radical (unpaired) electrons. The first-order valence-electron chi connectivity index (χ1n) is 10.9. The lowest BCUT2D eigenvalue weighted by Crippen LogP contribution is -2.54. The van der Waals surface area contributed by atoms with Gasteiger partial charge in [0.2, 0.25) is 5.91 Å². The van der Waals surface area contributed by atoms with Crippen molar-refractivity contribution < 1.29 is 33.4 Å². The van der Waals surface area contributed by atoms with Crippen molar-refractivity contribution in [2.75, 3.05) is 6.61 Å². The zero-order chi connectivity index (χ0) is 25.1. The van der Waals surface area contributed by atoms with Crippen molar-refractivity contribution in [3.63, 3.8) is 0 Å². The van der Waals surface area contributed by atoms with Crippen LogP contribution in [0, 0.1) is 5.92 Å². The van der Waals surface area contributed by atoms with Gasteiger partial charge in [0.05, 0.1) is 0 Å². The van der Waals surface area contributed by atoms with Gasteiger partial charge >= 0.3 is 18.0 Å². The minimum absolute atomic E-state index is 0.0138. The quantitative estimate of drug-likeness (QED) is 0.278. The first-order valence-corrected chi connectivity index (χ1v) is 10.9. The van der Waals surface area contributed by atoms with E-state index in [-0.39, 0.29) is 25.4 Å². The average molecular weight is 457 g/mol. The number of carbonyl (C=O) groups is 4. The van der Waals surface area contributed by atoms with Gasteiger partial charge in [-0.15, -0.1) is 0 Å². The van der Waals surface area contributed by atoms with Crippen molar-refractivity contribution >= 4 is 23.9 Å². The molecule has 9 nitrogen and oxygen atoms in total. The van der Waals surface area contributed by atoms with Crippen molar-refractivity contribution in [1.29, 1.82) is 0 Å². The number of ether oxygens (including phenoxy) is 3. The summed E-state index contributed by atoms with van der Waals surface area (Å²) in [6, 6.07) is -2.03. The van der Waals surface area contributed by atoms with E-state index in [1.807, 2.05) is 6.92 Å². The lowest BCUT2D eigenvalue weighted by atomic mass is 9.98. The van der Waals surface area contributed by atoms with Gasteiger partial charge in [-0.3, -0.25) is 9.59 Å². The Balaban J connectivity index is 5.46. The molecule has 1 unspecified atom stereocenters. The monoisotopic (exact) mass is 456 g/mol. The van der Waals surface area contributed by atoms with Gasteiger partial charge in [0, 0.05) is 6.42 Å². The molecule has 0 aromatic heterocycles. The Morgan fingerprint density at radius 3 is 2.00 bits per heavy atom. The van der Waals surface area contributed by atoms with E-state index in [1.54, 1.807) is 48.5 Å². The summed E-state index contributed by atoms with van der Waals surface area (Å²) < 4.78 is 15.6. The number of esters is 2. The number of hydrogen-bond acceptors (Lipinski definition) is 7. The van der Waals surface area contributed by atoms with E-state index in [0.717, 1.165) is 0 Å². The van der Waals surface area contributed by atoms with E-state index in [2.05, 4.69) is 17.2 Å². The van der Waals surface area contributed by atoms with Crippen molar-refractivity contribution in [3.05, 3.63) is 12.7 Å². The van der Waals surface area contributed by atoms with Crippen LogP contribution < -0.4 is 10.6 Å². The highest BCUT2D eigenvalue weighted by molar-refractivity contribution is 5.90. The largest absolute Gasteiger partial charge is 0.460 e. The van der Waals surface area contributed by atoms with Gasteiger partial charge in [-0.05, 0) is 53.9 Å². The summed E-state index contributed by atoms with van der Waals surface area (Å²) in [5, 5.41) is 5.13. The van der Waals surface area contributed by atoms with Crippen LogP contribution in [-0.4, -0.2) is 53.8 Å². The Morgan fingerprint density at radius 2 is 1.53 bits per heavy atom. The molecule has 3 atom stereocenters. The van der Waals surface area contributed by atoms with Crippen LogP contribution in [0.25, 0.3) is 0 Å². The molecule has 0 saturated carbocycles. The van der Waals surface area contributed by atoms with Crippen molar-refractivity contribution in [2.45, 2.75) is 97.9 Å². The Bertz CT molecular complexity index is 662. The van der Waals surface area contributed by atoms with Gasteiger partial charge < -0.3 is 24.8 Å². The summed E-state index contributed by atoms with van der Waals surface area (Å²) in [5.74, 6) is -1.95. The Labute approximate surface area is 191 Å². The Morgan fingerprint density at radius 1 is 0.969 bits per heavy atom. The fourth-order valence-corrected chi connectivity index (χ4v) is 2.53. The number of alkyl carbamates (subject to hydrolysis) is 1. The third-order valence-corrected chi connectivity index (χ3v) is 4.17. The van der Waals surface area contributed by atoms with E-state index in [4.69, 9.17) is 14.2 Å². The molecule has 0 aliphatic carbocycles. The predicted octanol–water partition coefficient (Wildman–Crippen LogP) is 3.26. The van der Waals surface area contributed by atoms with Crippen LogP contribution in [0.2, 0.25) is 0 Å². The topological polar surface area (TPSA) is 120 Å². The fraction of sp³-hybridized carbons (Fsp3) is 0.739. The maximum atomic E-state index is 13.0. The maximum absolute atomic E-state index is 13.0. The molecule has 0 spiro atoms. The van der Waals surface area contributed by atoms with Gasteiger partial charge in [0.15, 0.2) is 0 Å². The van der Waals surface area contributed by atoms with Gasteiger partial charge in [-0.2, -0.15) is 0 Å². The number of hydrogen-bond donors (Lipinski definition) is 2. The van der Waals surface area contributed by atoms with Crippen LogP contribution in [0.5, 0.6) is 0 Å². The van der Waals surface area contributed by atoms with Gasteiger partial charge in [0.25, 0.3) is 0 Å². The van der Waals surface area contributed by atoms with Crippen LogP contribution in [0.4, 0.5) is 4.79 Å². The van der Waals surface area contributed by atoms with Crippen LogP contribution in [0.3, 0.4) is 0 Å². The molecule has 0 saturated heterocycles. The van der Waals surface area contributed by atoms with Crippen LogP contribution in [0.1, 0.15) is 74.7 Å². The zero-order valence-corrected chi connectivity index (χ0v) is 20.7. The zero-order valence-electron chi connectivity index (χ0n) is 20.7. The van der Waals surface area contributed by atoms with Gasteiger partial charge in [-0.1, -0.05) is 32.9 Å². The number of nitrogens with one attached hydrogen (secondary N) is 2. The molecule has 0 rings (SSSR count). The molecule has 0 fully saturated rings. The standard InChI is InChI=1S/C23H40N2O7/c1-10-14-30-20(28)18(15(3)11-2)25-19(27)16(24-21(29)32-23(7,8)9)12-13-17(26)31-22(4,5)6/h10,15-16,18H,1,11-14H2,2-9H3,(H,24,29)(H,25,27)/t15?,16-,18-/m0/s1. The van der Waals surface area contributed by atoms with E-state index in [1.165, 1.54) is 6.08 Å². The molecule has 0 bridgehead atoms. The molecule has 2 N–H and O–H groups in total. The second-order valence-corrected chi connectivity index (χ2v) is 9.61. The molecule has 0 aliphatic rings. The minimum Gasteiger partial charge on any atom is -0.460 e. The number of carbonyl (C=O) groups excluding carboxylic acids is 4. The third-order valence-electron chi connectivity index (χ3n) is 4.17. The maximum Gasteiger partial charge on any atom is 0.408 e. The molecule has 0 aromatic carbocycles. The molecular formula is C23H40N2O7. The van der Waals surface area contributed by atoms with Crippen molar-refractivity contribution in [1.82, 2.24) is 10.6 Å². The summed E-state index contributed by atoms with van der Waals surface area (Å²) in [6.45, 7) is 17.5. The van der Waals surface area contributed by atoms with E-state index in [0.29, 0.717) is 6.42 Å². The first kappa shape index (κ1) is 29.4. The number of amides is 2. The van der Waals surface area contributed by atoms with Crippen LogP contribution in [0.15, 0.2) is 12.7 Å². The summed E-state index contributed by atoms with van der Waals surface area (Å²) >= 11 is 0.